The zero-order chi connectivity index (χ0) is 11.9. The first-order valence-electron chi connectivity index (χ1n) is 6.36. The molecular weight excluding hydrogens is 214 g/mol. The summed E-state index contributed by atoms with van der Waals surface area (Å²) in [5.74, 6) is 0. The minimum Gasteiger partial charge on any atom is -0.396 e. The van der Waals surface area contributed by atoms with E-state index in [9.17, 15) is 0 Å². The second-order valence-electron chi connectivity index (χ2n) is 4.51. The second-order valence-corrected chi connectivity index (χ2v) is 4.51. The summed E-state index contributed by atoms with van der Waals surface area (Å²) >= 11 is 0. The van der Waals surface area contributed by atoms with Gasteiger partial charge in [-0.05, 0) is 18.4 Å². The van der Waals surface area contributed by atoms with Crippen LogP contribution in [-0.4, -0.2) is 49.0 Å². The Morgan fingerprint density at radius 1 is 1.29 bits per heavy atom. The second kappa shape index (κ2) is 6.74. The zero-order valence-corrected chi connectivity index (χ0v) is 10.2. The molecule has 0 radical (unpaired) electrons. The maximum absolute atomic E-state index is 9.04. The molecule has 1 heterocycles. The van der Waals surface area contributed by atoms with Gasteiger partial charge in [0.1, 0.15) is 0 Å². The minimum absolute atomic E-state index is 0.246. The van der Waals surface area contributed by atoms with Crippen LogP contribution in [0.25, 0.3) is 0 Å². The van der Waals surface area contributed by atoms with Gasteiger partial charge < -0.3 is 9.84 Å². The van der Waals surface area contributed by atoms with Crippen LogP contribution in [0.15, 0.2) is 30.3 Å². The minimum atomic E-state index is 0.246. The molecule has 2 rings (SSSR count). The summed E-state index contributed by atoms with van der Waals surface area (Å²) in [6, 6.07) is 10.9. The van der Waals surface area contributed by atoms with Crippen LogP contribution < -0.4 is 0 Å². The van der Waals surface area contributed by atoms with Crippen molar-refractivity contribution in [2.45, 2.75) is 18.9 Å². The van der Waals surface area contributed by atoms with Gasteiger partial charge in [-0.2, -0.15) is 0 Å². The summed E-state index contributed by atoms with van der Waals surface area (Å²) in [4.78, 5) is 2.44. The van der Waals surface area contributed by atoms with Gasteiger partial charge in [0.25, 0.3) is 0 Å². The van der Waals surface area contributed by atoms with E-state index in [1.807, 2.05) is 6.07 Å². The monoisotopic (exact) mass is 235 g/mol. The molecular formula is C14H21NO2. The predicted molar refractivity (Wildman–Crippen MR) is 68.0 cm³/mol. The predicted octanol–water partition coefficient (Wildman–Crippen LogP) is 1.31. The molecule has 1 N–H and O–H groups in total. The Bertz CT molecular complexity index is 313. The SMILES string of the molecule is OCCC1COCCN1CCc1ccccc1. The lowest BCUT2D eigenvalue weighted by molar-refractivity contribution is -0.0148. The molecule has 1 aromatic carbocycles. The van der Waals surface area contributed by atoms with Crippen molar-refractivity contribution in [2.24, 2.45) is 0 Å². The van der Waals surface area contributed by atoms with Crippen LogP contribution in [0.2, 0.25) is 0 Å². The number of ether oxygens (including phenoxy) is 1. The van der Waals surface area contributed by atoms with Crippen LogP contribution in [-0.2, 0) is 11.2 Å². The van der Waals surface area contributed by atoms with Gasteiger partial charge in [0.2, 0.25) is 0 Å². The number of rotatable bonds is 5. The highest BCUT2D eigenvalue weighted by Gasteiger charge is 2.21. The van der Waals surface area contributed by atoms with E-state index in [1.165, 1.54) is 5.56 Å². The first kappa shape index (κ1) is 12.6. The number of nitrogens with zero attached hydrogens (tertiary/aromatic N) is 1. The first-order valence-corrected chi connectivity index (χ1v) is 6.36. The molecule has 94 valence electrons. The number of aliphatic hydroxyl groups excluding tert-OH is 1. The maximum Gasteiger partial charge on any atom is 0.0623 e. The molecule has 1 aromatic rings. The average Bonchev–Trinajstić information content (AvgIpc) is 2.39. The van der Waals surface area contributed by atoms with Crippen LogP contribution in [0.1, 0.15) is 12.0 Å². The highest BCUT2D eigenvalue weighted by atomic mass is 16.5. The number of hydrogen-bond donors (Lipinski definition) is 1. The number of hydrogen-bond acceptors (Lipinski definition) is 3. The lowest BCUT2D eigenvalue weighted by Crippen LogP contribution is -2.46. The van der Waals surface area contributed by atoms with E-state index in [4.69, 9.17) is 9.84 Å². The van der Waals surface area contributed by atoms with E-state index in [0.717, 1.165) is 39.1 Å². The van der Waals surface area contributed by atoms with Crippen LogP contribution in [0.3, 0.4) is 0 Å². The lowest BCUT2D eigenvalue weighted by atomic mass is 10.1. The molecule has 1 aliphatic rings. The van der Waals surface area contributed by atoms with Crippen molar-refractivity contribution in [3.63, 3.8) is 0 Å². The van der Waals surface area contributed by atoms with Crippen molar-refractivity contribution in [1.29, 1.82) is 0 Å². The average molecular weight is 235 g/mol. The topological polar surface area (TPSA) is 32.7 Å². The Balaban J connectivity index is 1.84. The zero-order valence-electron chi connectivity index (χ0n) is 10.2. The van der Waals surface area contributed by atoms with Crippen molar-refractivity contribution in [3.05, 3.63) is 35.9 Å². The molecule has 3 heteroatoms. The van der Waals surface area contributed by atoms with Crippen molar-refractivity contribution < 1.29 is 9.84 Å². The van der Waals surface area contributed by atoms with Gasteiger partial charge in [0.05, 0.1) is 13.2 Å². The molecule has 17 heavy (non-hydrogen) atoms. The summed E-state index contributed by atoms with van der Waals surface area (Å²) < 4.78 is 5.46. The molecule has 0 aliphatic carbocycles. The van der Waals surface area contributed by atoms with E-state index in [0.29, 0.717) is 6.04 Å². The van der Waals surface area contributed by atoms with Gasteiger partial charge in [0.15, 0.2) is 0 Å². The number of benzene rings is 1. The van der Waals surface area contributed by atoms with Crippen molar-refractivity contribution >= 4 is 0 Å². The Hall–Kier alpha value is -0.900. The lowest BCUT2D eigenvalue weighted by Gasteiger charge is -2.35. The standard InChI is InChI=1S/C14H21NO2/c16-10-7-14-12-17-11-9-15(14)8-6-13-4-2-1-3-5-13/h1-5,14,16H,6-12H2. The third-order valence-electron chi connectivity index (χ3n) is 3.34. The molecule has 1 atom stereocenters. The van der Waals surface area contributed by atoms with E-state index < -0.39 is 0 Å². The van der Waals surface area contributed by atoms with Crippen molar-refractivity contribution in [2.75, 3.05) is 32.9 Å². The largest absolute Gasteiger partial charge is 0.396 e. The Morgan fingerprint density at radius 3 is 2.88 bits per heavy atom. The normalized spacial score (nSPS) is 21.6. The van der Waals surface area contributed by atoms with Gasteiger partial charge in [-0.1, -0.05) is 30.3 Å². The highest BCUT2D eigenvalue weighted by molar-refractivity contribution is 5.14. The molecule has 1 fully saturated rings. The summed E-state index contributed by atoms with van der Waals surface area (Å²) in [5.41, 5.74) is 1.38. The summed E-state index contributed by atoms with van der Waals surface area (Å²) in [5, 5.41) is 9.04. The Morgan fingerprint density at radius 2 is 2.12 bits per heavy atom. The number of morpholine rings is 1. The van der Waals surface area contributed by atoms with E-state index >= 15 is 0 Å². The van der Waals surface area contributed by atoms with Gasteiger partial charge in [-0.15, -0.1) is 0 Å². The molecule has 0 spiro atoms. The molecule has 0 aromatic heterocycles. The summed E-state index contributed by atoms with van der Waals surface area (Å²) in [7, 11) is 0. The van der Waals surface area contributed by atoms with Gasteiger partial charge in [-0.25, -0.2) is 0 Å². The van der Waals surface area contributed by atoms with Crippen LogP contribution >= 0.6 is 0 Å². The fourth-order valence-electron chi connectivity index (χ4n) is 2.32. The Kier molecular flexibility index (Phi) is 4.98. The number of aliphatic hydroxyl groups is 1. The third kappa shape index (κ3) is 3.80. The molecule has 0 amide bonds. The molecule has 1 unspecified atom stereocenters. The molecule has 0 bridgehead atoms. The van der Waals surface area contributed by atoms with Crippen LogP contribution in [0.5, 0.6) is 0 Å². The summed E-state index contributed by atoms with van der Waals surface area (Å²) in [6.07, 6.45) is 1.89. The first-order chi connectivity index (χ1) is 8.40. The van der Waals surface area contributed by atoms with Crippen molar-refractivity contribution in [3.8, 4) is 0 Å². The quantitative estimate of drug-likeness (QED) is 0.835. The van der Waals surface area contributed by atoms with Crippen LogP contribution in [0.4, 0.5) is 0 Å². The smallest absolute Gasteiger partial charge is 0.0623 e. The highest BCUT2D eigenvalue weighted by Crippen LogP contribution is 2.11. The van der Waals surface area contributed by atoms with Crippen LogP contribution in [0, 0.1) is 0 Å². The molecule has 1 aliphatic heterocycles. The Labute approximate surface area is 103 Å². The van der Waals surface area contributed by atoms with Crippen molar-refractivity contribution in [1.82, 2.24) is 4.90 Å². The van der Waals surface area contributed by atoms with E-state index in [1.54, 1.807) is 0 Å². The van der Waals surface area contributed by atoms with Gasteiger partial charge >= 0.3 is 0 Å². The fourth-order valence-corrected chi connectivity index (χ4v) is 2.32. The summed E-state index contributed by atoms with van der Waals surface area (Å²) in [6.45, 7) is 3.86. The fraction of sp³-hybridized carbons (Fsp3) is 0.571. The molecule has 0 saturated carbocycles. The molecule has 1 saturated heterocycles. The third-order valence-corrected chi connectivity index (χ3v) is 3.34. The van der Waals surface area contributed by atoms with Gasteiger partial charge in [-0.3, -0.25) is 4.90 Å². The van der Waals surface area contributed by atoms with E-state index in [-0.39, 0.29) is 6.61 Å². The van der Waals surface area contributed by atoms with Gasteiger partial charge in [0, 0.05) is 25.7 Å². The van der Waals surface area contributed by atoms with E-state index in [2.05, 4.69) is 29.2 Å². The maximum atomic E-state index is 9.04. The molecule has 3 nitrogen and oxygen atoms in total.